The van der Waals surface area contributed by atoms with Gasteiger partial charge >= 0.3 is 0 Å². The predicted molar refractivity (Wildman–Crippen MR) is 100 cm³/mol. The highest BCUT2D eigenvalue weighted by atomic mass is 19.1. The second kappa shape index (κ2) is 7.89. The minimum absolute atomic E-state index is 0.191. The molecule has 0 N–H and O–H groups in total. The molecule has 0 aromatic heterocycles. The molecule has 0 nitrogen and oxygen atoms in total. The molecule has 1 atom stereocenters. The van der Waals surface area contributed by atoms with E-state index in [4.69, 9.17) is 0 Å². The Morgan fingerprint density at radius 1 is 0.800 bits per heavy atom. The number of benzene rings is 3. The Kier molecular flexibility index (Phi) is 5.39. The highest BCUT2D eigenvalue weighted by molar-refractivity contribution is 5.69. The molecular weight excluding hydrogens is 314 g/mol. The molecule has 2 heteroatoms. The minimum Gasteiger partial charge on any atom is -0.207 e. The summed E-state index contributed by atoms with van der Waals surface area (Å²) in [5.74, 6) is -0.194. The third-order valence-corrected chi connectivity index (χ3v) is 4.31. The maximum atomic E-state index is 14.4. The lowest BCUT2D eigenvalue weighted by Crippen LogP contribution is -2.00. The first kappa shape index (κ1) is 17.1. The normalized spacial score (nSPS) is 12.4. The van der Waals surface area contributed by atoms with Gasteiger partial charge in [-0.3, -0.25) is 0 Å². The summed E-state index contributed by atoms with van der Waals surface area (Å²) in [6, 6.07) is 21.7. The van der Waals surface area contributed by atoms with Crippen molar-refractivity contribution in [3.05, 3.63) is 107 Å². The maximum absolute atomic E-state index is 14.4. The van der Waals surface area contributed by atoms with Crippen LogP contribution in [-0.2, 0) is 6.42 Å². The van der Waals surface area contributed by atoms with Crippen LogP contribution in [0.2, 0.25) is 0 Å². The average Bonchev–Trinajstić information content (AvgIpc) is 2.64. The molecular formula is C23H20F2. The first-order valence-electron chi connectivity index (χ1n) is 8.39. The van der Waals surface area contributed by atoms with Crippen molar-refractivity contribution in [2.45, 2.75) is 19.3 Å². The Morgan fingerprint density at radius 3 is 2.12 bits per heavy atom. The molecule has 0 aliphatic carbocycles. The Hall–Kier alpha value is -2.74. The molecule has 0 radical (unpaired) electrons. The number of hydrogen-bond acceptors (Lipinski definition) is 0. The number of halogens is 2. The highest BCUT2D eigenvalue weighted by Gasteiger charge is 2.10. The zero-order chi connectivity index (χ0) is 17.6. The second-order valence-corrected chi connectivity index (χ2v) is 6.25. The van der Waals surface area contributed by atoms with E-state index in [1.165, 1.54) is 17.7 Å². The maximum Gasteiger partial charge on any atom is 0.127 e. The quantitative estimate of drug-likeness (QED) is 0.468. The Morgan fingerprint density at radius 2 is 1.44 bits per heavy atom. The van der Waals surface area contributed by atoms with Crippen molar-refractivity contribution in [3.63, 3.8) is 0 Å². The van der Waals surface area contributed by atoms with Crippen molar-refractivity contribution in [1.82, 2.24) is 0 Å². The number of hydrogen-bond donors (Lipinski definition) is 0. The first-order chi connectivity index (χ1) is 12.1. The fraction of sp³-hybridized carbons (Fsp3) is 0.130. The molecule has 3 rings (SSSR count). The summed E-state index contributed by atoms with van der Waals surface area (Å²) in [6.07, 6.45) is 4.35. The van der Waals surface area contributed by atoms with Gasteiger partial charge in [-0.1, -0.05) is 73.7 Å². The lowest BCUT2D eigenvalue weighted by molar-refractivity contribution is 0.597. The van der Waals surface area contributed by atoms with Crippen LogP contribution < -0.4 is 0 Å². The van der Waals surface area contributed by atoms with Crippen LogP contribution in [0.15, 0.2) is 72.8 Å². The van der Waals surface area contributed by atoms with Gasteiger partial charge in [0.15, 0.2) is 0 Å². The smallest absolute Gasteiger partial charge is 0.127 e. The highest BCUT2D eigenvalue weighted by Crippen LogP contribution is 2.23. The van der Waals surface area contributed by atoms with Crippen LogP contribution >= 0.6 is 0 Å². The standard InChI is InChI=1S/C23H20F2/c1-17(20-5-3-2-4-6-20)15-21-12-9-19(16-23(21)25)8-7-18-10-13-22(24)14-11-18/h2-14,16-17H,15H2,1H3/t17-/m1/s1. The van der Waals surface area contributed by atoms with Crippen molar-refractivity contribution in [1.29, 1.82) is 0 Å². The molecule has 0 spiro atoms. The van der Waals surface area contributed by atoms with E-state index in [0.29, 0.717) is 6.42 Å². The summed E-state index contributed by atoms with van der Waals surface area (Å²) in [4.78, 5) is 0. The van der Waals surface area contributed by atoms with Gasteiger partial charge < -0.3 is 0 Å². The molecule has 0 saturated carbocycles. The van der Waals surface area contributed by atoms with Crippen LogP contribution in [0.4, 0.5) is 8.78 Å². The minimum atomic E-state index is -0.264. The number of rotatable bonds is 5. The molecule has 0 aliphatic rings. The Bertz CT molecular complexity index is 849. The van der Waals surface area contributed by atoms with Crippen molar-refractivity contribution < 1.29 is 8.78 Å². The zero-order valence-corrected chi connectivity index (χ0v) is 14.1. The van der Waals surface area contributed by atoms with Gasteiger partial charge in [0.05, 0.1) is 0 Å². The molecule has 0 heterocycles. The molecule has 0 fully saturated rings. The lowest BCUT2D eigenvalue weighted by Gasteiger charge is -2.13. The third kappa shape index (κ3) is 4.63. The zero-order valence-electron chi connectivity index (χ0n) is 14.1. The van der Waals surface area contributed by atoms with E-state index in [1.54, 1.807) is 18.2 Å². The molecule has 126 valence electrons. The fourth-order valence-electron chi connectivity index (χ4n) is 2.83. The Balaban J connectivity index is 1.71. The largest absolute Gasteiger partial charge is 0.207 e. The lowest BCUT2D eigenvalue weighted by atomic mass is 9.93. The summed E-state index contributed by atoms with van der Waals surface area (Å²) < 4.78 is 27.3. The molecule has 0 amide bonds. The summed E-state index contributed by atoms with van der Waals surface area (Å²) in [7, 11) is 0. The predicted octanol–water partition coefficient (Wildman–Crippen LogP) is 6.48. The summed E-state index contributed by atoms with van der Waals surface area (Å²) in [5, 5.41) is 0. The molecule has 0 unspecified atom stereocenters. The van der Waals surface area contributed by atoms with E-state index in [1.807, 2.05) is 42.5 Å². The second-order valence-electron chi connectivity index (χ2n) is 6.25. The molecule has 3 aromatic rings. The summed E-state index contributed by atoms with van der Waals surface area (Å²) in [6.45, 7) is 2.11. The van der Waals surface area contributed by atoms with E-state index in [-0.39, 0.29) is 17.6 Å². The van der Waals surface area contributed by atoms with Crippen LogP contribution in [0, 0.1) is 11.6 Å². The molecule has 0 saturated heterocycles. The van der Waals surface area contributed by atoms with E-state index >= 15 is 0 Å². The van der Waals surface area contributed by atoms with E-state index in [2.05, 4.69) is 19.1 Å². The molecule has 25 heavy (non-hydrogen) atoms. The van der Waals surface area contributed by atoms with Gasteiger partial charge in [-0.25, -0.2) is 8.78 Å². The van der Waals surface area contributed by atoms with Crippen molar-refractivity contribution in [2.24, 2.45) is 0 Å². The van der Waals surface area contributed by atoms with E-state index in [0.717, 1.165) is 16.7 Å². The molecule has 0 aliphatic heterocycles. The third-order valence-electron chi connectivity index (χ3n) is 4.31. The SMILES string of the molecule is C[C@H](Cc1ccc(C=Cc2ccc(F)cc2)cc1F)c1ccccc1. The van der Waals surface area contributed by atoms with Gasteiger partial charge in [-0.15, -0.1) is 0 Å². The average molecular weight is 334 g/mol. The first-order valence-corrected chi connectivity index (χ1v) is 8.39. The van der Waals surface area contributed by atoms with Gasteiger partial charge in [-0.05, 0) is 52.8 Å². The van der Waals surface area contributed by atoms with Gasteiger partial charge in [0.1, 0.15) is 11.6 Å². The van der Waals surface area contributed by atoms with E-state index in [9.17, 15) is 8.78 Å². The van der Waals surface area contributed by atoms with Crippen LogP contribution in [0.5, 0.6) is 0 Å². The topological polar surface area (TPSA) is 0 Å². The monoisotopic (exact) mass is 334 g/mol. The van der Waals surface area contributed by atoms with Crippen LogP contribution in [0.25, 0.3) is 12.2 Å². The van der Waals surface area contributed by atoms with Crippen LogP contribution in [0.3, 0.4) is 0 Å². The Labute approximate surface area is 147 Å². The molecule has 3 aromatic carbocycles. The van der Waals surface area contributed by atoms with Gasteiger partial charge in [0.25, 0.3) is 0 Å². The summed E-state index contributed by atoms with van der Waals surface area (Å²) in [5.41, 5.74) is 3.60. The van der Waals surface area contributed by atoms with Crippen LogP contribution in [-0.4, -0.2) is 0 Å². The van der Waals surface area contributed by atoms with Gasteiger partial charge in [0, 0.05) is 0 Å². The fourth-order valence-corrected chi connectivity index (χ4v) is 2.83. The van der Waals surface area contributed by atoms with Gasteiger partial charge in [-0.2, -0.15) is 0 Å². The van der Waals surface area contributed by atoms with E-state index < -0.39 is 0 Å². The van der Waals surface area contributed by atoms with Gasteiger partial charge in [0.2, 0.25) is 0 Å². The van der Waals surface area contributed by atoms with Crippen molar-refractivity contribution in [3.8, 4) is 0 Å². The van der Waals surface area contributed by atoms with Crippen molar-refractivity contribution >= 4 is 12.2 Å². The van der Waals surface area contributed by atoms with Crippen molar-refractivity contribution in [2.75, 3.05) is 0 Å². The molecule has 0 bridgehead atoms. The van der Waals surface area contributed by atoms with Crippen LogP contribution in [0.1, 0.15) is 35.1 Å². The summed E-state index contributed by atoms with van der Waals surface area (Å²) >= 11 is 0.